The lowest BCUT2D eigenvalue weighted by atomic mass is 10.2. The van der Waals surface area contributed by atoms with Crippen molar-refractivity contribution in [3.63, 3.8) is 0 Å². The molecule has 2 saturated heterocycles. The Balaban J connectivity index is 1.47. The third-order valence-corrected chi connectivity index (χ3v) is 8.54. The molecule has 0 unspecified atom stereocenters. The Morgan fingerprint density at radius 1 is 0.871 bits per heavy atom. The summed E-state index contributed by atoms with van der Waals surface area (Å²) in [7, 11) is -5.47. The van der Waals surface area contributed by atoms with Gasteiger partial charge in [-0.2, -0.15) is 0 Å². The van der Waals surface area contributed by atoms with E-state index in [1.807, 2.05) is 12.1 Å². The average Bonchev–Trinajstić information content (AvgIpc) is 3.01. The van der Waals surface area contributed by atoms with Crippen molar-refractivity contribution in [2.75, 3.05) is 52.9 Å². The van der Waals surface area contributed by atoms with Crippen LogP contribution in [0, 0.1) is 0 Å². The number of carbonyl (C=O) groups excluding carboxylic acids is 1. The summed E-state index contributed by atoms with van der Waals surface area (Å²) in [6.07, 6.45) is -0.0753. The molecular weight excluding hydrogens is 440 g/mol. The van der Waals surface area contributed by atoms with Crippen molar-refractivity contribution < 1.29 is 21.6 Å². The number of anilines is 3. The van der Waals surface area contributed by atoms with Crippen molar-refractivity contribution in [2.24, 2.45) is 0 Å². The van der Waals surface area contributed by atoms with Crippen LogP contribution in [0.1, 0.15) is 6.42 Å². The second kappa shape index (κ2) is 8.13. The SMILES string of the molecule is CN1CCN(c2ccc(NS(=O)(=O)c3ccc(N4C(=O)CCS4(=O)=O)cc3)cc2)CC1. The van der Waals surface area contributed by atoms with Crippen LogP contribution >= 0.6 is 0 Å². The van der Waals surface area contributed by atoms with Crippen molar-refractivity contribution in [1.29, 1.82) is 0 Å². The summed E-state index contributed by atoms with van der Waals surface area (Å²) in [5.41, 5.74) is 1.61. The first-order valence-corrected chi connectivity index (χ1v) is 13.0. The molecule has 166 valence electrons. The molecule has 4 rings (SSSR count). The van der Waals surface area contributed by atoms with Gasteiger partial charge in [0.15, 0.2) is 0 Å². The topological polar surface area (TPSA) is 107 Å². The minimum absolute atomic E-state index is 0.0246. The van der Waals surface area contributed by atoms with Crippen LogP contribution in [0.4, 0.5) is 17.1 Å². The van der Waals surface area contributed by atoms with E-state index in [4.69, 9.17) is 0 Å². The average molecular weight is 465 g/mol. The van der Waals surface area contributed by atoms with Crippen molar-refractivity contribution >= 4 is 43.0 Å². The second-order valence-electron chi connectivity index (χ2n) is 7.66. The van der Waals surface area contributed by atoms with E-state index < -0.39 is 26.0 Å². The van der Waals surface area contributed by atoms with Gasteiger partial charge in [-0.3, -0.25) is 9.52 Å². The molecule has 0 spiro atoms. The maximum absolute atomic E-state index is 12.7. The van der Waals surface area contributed by atoms with Crippen LogP contribution in [0.3, 0.4) is 0 Å². The van der Waals surface area contributed by atoms with Crippen LogP contribution in [0.2, 0.25) is 0 Å². The Hall–Kier alpha value is -2.63. The number of likely N-dealkylation sites (N-methyl/N-ethyl adjacent to an activating group) is 1. The number of piperazine rings is 1. The zero-order valence-corrected chi connectivity index (χ0v) is 18.7. The minimum atomic E-state index is -3.86. The van der Waals surface area contributed by atoms with Crippen LogP contribution < -0.4 is 13.9 Å². The smallest absolute Gasteiger partial charge is 0.261 e. The molecule has 1 amide bonds. The highest BCUT2D eigenvalue weighted by Gasteiger charge is 2.36. The number of nitrogens with one attached hydrogen (secondary N) is 1. The molecule has 2 aliphatic heterocycles. The van der Waals surface area contributed by atoms with Gasteiger partial charge >= 0.3 is 0 Å². The van der Waals surface area contributed by atoms with Crippen LogP contribution in [-0.4, -0.2) is 66.6 Å². The van der Waals surface area contributed by atoms with Crippen LogP contribution in [0.5, 0.6) is 0 Å². The molecule has 0 saturated carbocycles. The van der Waals surface area contributed by atoms with Gasteiger partial charge in [-0.25, -0.2) is 21.1 Å². The zero-order valence-electron chi connectivity index (χ0n) is 17.1. The van der Waals surface area contributed by atoms with Gasteiger partial charge in [-0.15, -0.1) is 0 Å². The Morgan fingerprint density at radius 3 is 2.00 bits per heavy atom. The monoisotopic (exact) mass is 464 g/mol. The van der Waals surface area contributed by atoms with Gasteiger partial charge in [-0.05, 0) is 55.6 Å². The summed E-state index contributed by atoms with van der Waals surface area (Å²) < 4.78 is 52.8. The van der Waals surface area contributed by atoms with Gasteiger partial charge in [0.2, 0.25) is 15.9 Å². The van der Waals surface area contributed by atoms with Gasteiger partial charge in [0.25, 0.3) is 10.0 Å². The molecule has 0 atom stereocenters. The highest BCUT2D eigenvalue weighted by atomic mass is 32.2. The summed E-state index contributed by atoms with van der Waals surface area (Å²) in [6, 6.07) is 12.4. The van der Waals surface area contributed by atoms with Crippen molar-refractivity contribution in [1.82, 2.24) is 4.90 Å². The van der Waals surface area contributed by atoms with Crippen LogP contribution in [-0.2, 0) is 24.8 Å². The van der Waals surface area contributed by atoms with E-state index in [1.54, 1.807) is 12.1 Å². The molecule has 0 aliphatic carbocycles. The van der Waals surface area contributed by atoms with E-state index in [0.717, 1.165) is 36.2 Å². The predicted molar refractivity (Wildman–Crippen MR) is 119 cm³/mol. The van der Waals surface area contributed by atoms with E-state index >= 15 is 0 Å². The number of hydrogen-bond donors (Lipinski definition) is 1. The molecule has 0 bridgehead atoms. The molecule has 31 heavy (non-hydrogen) atoms. The number of amides is 1. The van der Waals surface area contributed by atoms with Crippen molar-refractivity contribution in [3.05, 3.63) is 48.5 Å². The minimum Gasteiger partial charge on any atom is -0.369 e. The fourth-order valence-electron chi connectivity index (χ4n) is 3.65. The number of hydrogen-bond acceptors (Lipinski definition) is 7. The summed E-state index contributed by atoms with van der Waals surface area (Å²) in [6.45, 7) is 3.80. The fraction of sp³-hybridized carbons (Fsp3) is 0.350. The molecule has 2 fully saturated rings. The predicted octanol–water partition coefficient (Wildman–Crippen LogP) is 1.31. The van der Waals surface area contributed by atoms with Gasteiger partial charge in [0.1, 0.15) is 0 Å². The third kappa shape index (κ3) is 4.53. The van der Waals surface area contributed by atoms with Gasteiger partial charge < -0.3 is 9.80 Å². The lowest BCUT2D eigenvalue weighted by molar-refractivity contribution is -0.116. The first-order chi connectivity index (χ1) is 14.7. The lowest BCUT2D eigenvalue weighted by Crippen LogP contribution is -2.44. The normalized spacial score (nSPS) is 19.6. The standard InChI is InChI=1S/C20H24N4O5S2/c1-22-11-13-23(14-12-22)17-4-2-16(3-5-17)21-31(28,29)19-8-6-18(7-9-19)24-20(25)10-15-30(24,26)27/h2-9,21H,10-15H2,1H3. The molecule has 2 aromatic carbocycles. The summed E-state index contributed by atoms with van der Waals surface area (Å²) in [5.74, 6) is -0.758. The van der Waals surface area contributed by atoms with Crippen LogP contribution in [0.25, 0.3) is 0 Å². The first kappa shape index (κ1) is 21.6. The third-order valence-electron chi connectivity index (χ3n) is 5.45. The maximum atomic E-state index is 12.7. The number of benzene rings is 2. The first-order valence-electron chi connectivity index (χ1n) is 9.88. The van der Waals surface area contributed by atoms with Crippen molar-refractivity contribution in [2.45, 2.75) is 11.3 Å². The Kier molecular flexibility index (Phi) is 5.67. The molecule has 2 aliphatic rings. The molecule has 11 heteroatoms. The van der Waals surface area contributed by atoms with Gasteiger partial charge in [-0.1, -0.05) is 0 Å². The van der Waals surface area contributed by atoms with E-state index in [-0.39, 0.29) is 22.8 Å². The molecule has 0 radical (unpaired) electrons. The maximum Gasteiger partial charge on any atom is 0.261 e. The van der Waals surface area contributed by atoms with Crippen LogP contribution in [0.15, 0.2) is 53.4 Å². The van der Waals surface area contributed by atoms with E-state index in [9.17, 15) is 21.6 Å². The Morgan fingerprint density at radius 2 is 1.45 bits per heavy atom. The number of carbonyl (C=O) groups is 1. The Bertz CT molecular complexity index is 1170. The second-order valence-corrected chi connectivity index (χ2v) is 11.3. The molecular formula is C20H24N4O5S2. The summed E-state index contributed by atoms with van der Waals surface area (Å²) >= 11 is 0. The number of nitrogens with zero attached hydrogens (tertiary/aromatic N) is 3. The number of sulfonamides is 2. The zero-order chi connectivity index (χ0) is 22.2. The van der Waals surface area contributed by atoms with E-state index in [1.165, 1.54) is 24.3 Å². The highest BCUT2D eigenvalue weighted by molar-refractivity contribution is 7.94. The van der Waals surface area contributed by atoms with Gasteiger partial charge in [0.05, 0.1) is 16.3 Å². The van der Waals surface area contributed by atoms with Crippen molar-refractivity contribution in [3.8, 4) is 0 Å². The molecule has 1 N–H and O–H groups in total. The fourth-order valence-corrected chi connectivity index (χ4v) is 6.17. The molecule has 9 nitrogen and oxygen atoms in total. The van der Waals surface area contributed by atoms with E-state index in [0.29, 0.717) is 5.69 Å². The summed E-state index contributed by atoms with van der Waals surface area (Å²) in [5, 5.41) is 0. The molecule has 0 aromatic heterocycles. The molecule has 2 heterocycles. The summed E-state index contributed by atoms with van der Waals surface area (Å²) in [4.78, 5) is 16.4. The highest BCUT2D eigenvalue weighted by Crippen LogP contribution is 2.27. The van der Waals surface area contributed by atoms with Gasteiger partial charge in [0, 0.05) is 44.0 Å². The number of rotatable bonds is 5. The largest absolute Gasteiger partial charge is 0.369 e. The molecule has 2 aromatic rings. The Labute approximate surface area is 182 Å². The lowest BCUT2D eigenvalue weighted by Gasteiger charge is -2.34. The quantitative estimate of drug-likeness (QED) is 0.711. The van der Waals surface area contributed by atoms with E-state index in [2.05, 4.69) is 21.6 Å².